The summed E-state index contributed by atoms with van der Waals surface area (Å²) in [6.07, 6.45) is 5.27. The Bertz CT molecular complexity index is 1230. The number of nitrogens with zero attached hydrogens (tertiary/aromatic N) is 2. The normalized spacial score (nSPS) is 17.6. The number of rotatable bonds is 7. The fourth-order valence-corrected chi connectivity index (χ4v) is 4.20. The number of amides is 1. The van der Waals surface area contributed by atoms with Crippen LogP contribution in [-0.4, -0.2) is 60.1 Å². The van der Waals surface area contributed by atoms with Crippen molar-refractivity contribution >= 4 is 29.3 Å². The van der Waals surface area contributed by atoms with Gasteiger partial charge in [-0.15, -0.1) is 0 Å². The molecule has 0 spiro atoms. The van der Waals surface area contributed by atoms with Crippen LogP contribution in [0.1, 0.15) is 46.4 Å². The molecule has 35 heavy (non-hydrogen) atoms. The van der Waals surface area contributed by atoms with Crippen molar-refractivity contribution in [2.75, 3.05) is 26.1 Å². The molecule has 4 N–H and O–H groups in total. The number of aromatic nitrogens is 2. The van der Waals surface area contributed by atoms with Crippen LogP contribution in [-0.2, 0) is 14.3 Å². The van der Waals surface area contributed by atoms with Gasteiger partial charge < -0.3 is 25.8 Å². The fourth-order valence-electron chi connectivity index (χ4n) is 4.20. The van der Waals surface area contributed by atoms with E-state index in [0.29, 0.717) is 28.3 Å². The summed E-state index contributed by atoms with van der Waals surface area (Å²) >= 11 is 0. The number of hydrogen-bond donors (Lipinski definition) is 3. The van der Waals surface area contributed by atoms with Gasteiger partial charge in [0.25, 0.3) is 5.91 Å². The van der Waals surface area contributed by atoms with Crippen LogP contribution in [0.3, 0.4) is 0 Å². The summed E-state index contributed by atoms with van der Waals surface area (Å²) in [4.78, 5) is 41.2. The van der Waals surface area contributed by atoms with E-state index >= 15 is 0 Å². The average Bonchev–Trinajstić information content (AvgIpc) is 3.25. The Morgan fingerprint density at radius 1 is 1.03 bits per heavy atom. The zero-order valence-corrected chi connectivity index (χ0v) is 19.7. The number of hydrogen-bond acceptors (Lipinski definition) is 8. The van der Waals surface area contributed by atoms with Crippen molar-refractivity contribution in [3.05, 3.63) is 53.7 Å². The number of pyridine rings is 1. The van der Waals surface area contributed by atoms with E-state index in [-0.39, 0.29) is 24.5 Å². The van der Waals surface area contributed by atoms with E-state index in [0.717, 1.165) is 31.2 Å². The zero-order valence-electron chi connectivity index (χ0n) is 19.7. The van der Waals surface area contributed by atoms with Crippen molar-refractivity contribution in [1.82, 2.24) is 14.7 Å². The summed E-state index contributed by atoms with van der Waals surface area (Å²) in [5.41, 5.74) is 8.68. The van der Waals surface area contributed by atoms with Crippen molar-refractivity contribution in [2.24, 2.45) is 5.73 Å². The number of fused-ring (bicyclic) bond motifs is 1. The number of carbonyl (C=O) groups is 3. The lowest BCUT2D eigenvalue weighted by Gasteiger charge is -2.26. The molecule has 4 rings (SSSR count). The van der Waals surface area contributed by atoms with E-state index in [1.807, 2.05) is 0 Å². The fraction of sp³-hybridized carbons (Fsp3) is 0.360. The van der Waals surface area contributed by atoms with Crippen LogP contribution in [0.25, 0.3) is 16.9 Å². The molecule has 1 aliphatic carbocycles. The predicted octanol–water partition coefficient (Wildman–Crippen LogP) is 2.37. The molecule has 184 valence electrons. The molecule has 2 aromatic heterocycles. The molecule has 10 heteroatoms. The highest BCUT2D eigenvalue weighted by atomic mass is 16.5. The van der Waals surface area contributed by atoms with Crippen LogP contribution in [0.2, 0.25) is 0 Å². The molecule has 10 nitrogen and oxygen atoms in total. The second-order valence-corrected chi connectivity index (χ2v) is 8.54. The van der Waals surface area contributed by atoms with Crippen LogP contribution in [0.4, 0.5) is 5.82 Å². The second-order valence-electron chi connectivity index (χ2n) is 8.54. The number of nitrogens with two attached hydrogens (primary N) is 1. The van der Waals surface area contributed by atoms with Crippen molar-refractivity contribution in [1.29, 1.82) is 0 Å². The first-order chi connectivity index (χ1) is 16.9. The molecule has 0 aliphatic heterocycles. The van der Waals surface area contributed by atoms with Gasteiger partial charge in [0.05, 0.1) is 19.8 Å². The van der Waals surface area contributed by atoms with Gasteiger partial charge in [0.2, 0.25) is 0 Å². The van der Waals surface area contributed by atoms with Crippen molar-refractivity contribution in [3.8, 4) is 11.3 Å². The molecule has 0 bridgehead atoms. The first-order valence-corrected chi connectivity index (χ1v) is 11.5. The lowest BCUT2D eigenvalue weighted by molar-refractivity contribution is -0.138. The Morgan fingerprint density at radius 3 is 2.40 bits per heavy atom. The van der Waals surface area contributed by atoms with E-state index in [1.165, 1.54) is 14.2 Å². The summed E-state index contributed by atoms with van der Waals surface area (Å²) in [6.45, 7) is -0.0659. The number of carbonyl (C=O) groups excluding carboxylic acids is 3. The monoisotopic (exact) mass is 479 g/mol. The highest BCUT2D eigenvalue weighted by molar-refractivity contribution is 5.96. The topological polar surface area (TPSA) is 137 Å². The third-order valence-corrected chi connectivity index (χ3v) is 6.20. The molecule has 2 heterocycles. The molecule has 1 aromatic carbocycles. The van der Waals surface area contributed by atoms with Crippen molar-refractivity contribution in [2.45, 2.75) is 37.8 Å². The smallest absolute Gasteiger partial charge is 0.337 e. The summed E-state index contributed by atoms with van der Waals surface area (Å²) in [7, 11) is 2.64. The summed E-state index contributed by atoms with van der Waals surface area (Å²) in [5.74, 6) is -0.477. The average molecular weight is 480 g/mol. The van der Waals surface area contributed by atoms with Crippen LogP contribution in [0.15, 0.2) is 42.6 Å². The number of methoxy groups -OCH3 is 2. The van der Waals surface area contributed by atoms with Gasteiger partial charge in [0, 0.05) is 29.4 Å². The minimum atomic E-state index is -0.439. The van der Waals surface area contributed by atoms with E-state index in [9.17, 15) is 14.4 Å². The van der Waals surface area contributed by atoms with Gasteiger partial charge in [-0.1, -0.05) is 12.1 Å². The first-order valence-electron chi connectivity index (χ1n) is 11.5. The van der Waals surface area contributed by atoms with Crippen molar-refractivity contribution < 1.29 is 23.9 Å². The Balaban J connectivity index is 1.65. The quantitative estimate of drug-likeness (QED) is 0.439. The van der Waals surface area contributed by atoms with Crippen LogP contribution >= 0.6 is 0 Å². The summed E-state index contributed by atoms with van der Waals surface area (Å²) < 4.78 is 11.3. The Labute approximate surface area is 202 Å². The Morgan fingerprint density at radius 2 is 1.74 bits per heavy atom. The minimum Gasteiger partial charge on any atom is -0.468 e. The molecule has 1 amide bonds. The van der Waals surface area contributed by atoms with Crippen LogP contribution in [0, 0.1) is 0 Å². The van der Waals surface area contributed by atoms with Crippen LogP contribution < -0.4 is 16.4 Å². The highest BCUT2D eigenvalue weighted by Gasteiger charge is 2.22. The highest BCUT2D eigenvalue weighted by Crippen LogP contribution is 2.29. The maximum Gasteiger partial charge on any atom is 0.337 e. The number of esters is 2. The molecule has 1 aliphatic rings. The SMILES string of the molecule is COC(=O)CNc1c(-c2ccc(C(=O)OC)cc2)nc2cc(C(=O)NC3CCC(N)CC3)ccn12. The number of imidazole rings is 1. The molecular formula is C25H29N5O5. The van der Waals surface area contributed by atoms with Gasteiger partial charge in [0.15, 0.2) is 0 Å². The zero-order chi connectivity index (χ0) is 24.9. The maximum atomic E-state index is 12.9. The molecule has 3 aromatic rings. The lowest BCUT2D eigenvalue weighted by atomic mass is 9.91. The van der Waals surface area contributed by atoms with Gasteiger partial charge in [-0.2, -0.15) is 0 Å². The molecular weight excluding hydrogens is 450 g/mol. The molecule has 0 saturated heterocycles. The van der Waals surface area contributed by atoms with E-state index in [4.69, 9.17) is 20.2 Å². The Hall–Kier alpha value is -3.92. The van der Waals surface area contributed by atoms with E-state index in [1.54, 1.807) is 47.0 Å². The van der Waals surface area contributed by atoms with Crippen LogP contribution in [0.5, 0.6) is 0 Å². The Kier molecular flexibility index (Phi) is 7.31. The molecule has 1 fully saturated rings. The lowest BCUT2D eigenvalue weighted by Crippen LogP contribution is -2.40. The van der Waals surface area contributed by atoms with Gasteiger partial charge in [-0.25, -0.2) is 9.78 Å². The molecule has 0 atom stereocenters. The summed E-state index contributed by atoms with van der Waals surface area (Å²) in [5, 5.41) is 6.17. The number of benzene rings is 1. The van der Waals surface area contributed by atoms with E-state index in [2.05, 4.69) is 10.6 Å². The van der Waals surface area contributed by atoms with Gasteiger partial charge in [0.1, 0.15) is 23.7 Å². The third-order valence-electron chi connectivity index (χ3n) is 6.20. The predicted molar refractivity (Wildman–Crippen MR) is 130 cm³/mol. The molecule has 0 unspecified atom stereocenters. The largest absolute Gasteiger partial charge is 0.468 e. The van der Waals surface area contributed by atoms with Gasteiger partial charge in [-0.3, -0.25) is 14.0 Å². The van der Waals surface area contributed by atoms with E-state index < -0.39 is 11.9 Å². The third kappa shape index (κ3) is 5.43. The number of ether oxygens (including phenoxy) is 2. The minimum absolute atomic E-state index is 0.0659. The van der Waals surface area contributed by atoms with Crippen molar-refractivity contribution in [3.63, 3.8) is 0 Å². The van der Waals surface area contributed by atoms with Gasteiger partial charge in [-0.05, 0) is 49.9 Å². The first kappa shape index (κ1) is 24.2. The van der Waals surface area contributed by atoms with Gasteiger partial charge >= 0.3 is 11.9 Å². The standard InChI is InChI=1S/C25H29N5O5/c1-34-21(31)14-27-23-22(15-3-5-16(6-4-15)25(33)35-2)29-20-13-17(11-12-30(20)23)24(32)28-19-9-7-18(26)8-10-19/h3-6,11-13,18-19,27H,7-10,14,26H2,1-2H3,(H,28,32). The second kappa shape index (κ2) is 10.6. The summed E-state index contributed by atoms with van der Waals surface area (Å²) in [6, 6.07) is 10.5. The maximum absolute atomic E-state index is 12.9. The molecule has 0 radical (unpaired) electrons. The number of nitrogens with one attached hydrogen (secondary N) is 2. The number of anilines is 1. The molecule has 1 saturated carbocycles.